The molecule has 0 bridgehead atoms. The lowest BCUT2D eigenvalue weighted by atomic mass is 10.1. The summed E-state index contributed by atoms with van der Waals surface area (Å²) in [5.41, 5.74) is 3.77. The Morgan fingerprint density at radius 1 is 1.07 bits per heavy atom. The molecular formula is C21H24ClN3O2. The van der Waals surface area contributed by atoms with Gasteiger partial charge in [0, 0.05) is 42.6 Å². The van der Waals surface area contributed by atoms with Crippen LogP contribution in [0.4, 0.5) is 11.4 Å². The van der Waals surface area contributed by atoms with E-state index in [9.17, 15) is 9.59 Å². The number of nitrogens with zero attached hydrogens (tertiary/aromatic N) is 2. The Morgan fingerprint density at radius 3 is 2.44 bits per heavy atom. The number of carbonyl (C=O) groups excluding carboxylic acids is 2. The number of amides is 2. The van der Waals surface area contributed by atoms with Crippen molar-refractivity contribution in [3.8, 4) is 0 Å². The lowest BCUT2D eigenvalue weighted by Gasteiger charge is -2.35. The van der Waals surface area contributed by atoms with Crippen LogP contribution < -0.4 is 10.2 Å². The van der Waals surface area contributed by atoms with Crippen LogP contribution in [-0.4, -0.2) is 42.9 Å². The summed E-state index contributed by atoms with van der Waals surface area (Å²) in [4.78, 5) is 28.9. The number of benzene rings is 2. The number of rotatable bonds is 3. The topological polar surface area (TPSA) is 52.7 Å². The first kappa shape index (κ1) is 19.2. The normalized spacial score (nSPS) is 14.2. The van der Waals surface area contributed by atoms with E-state index in [0.29, 0.717) is 31.2 Å². The van der Waals surface area contributed by atoms with E-state index in [-0.39, 0.29) is 0 Å². The quantitative estimate of drug-likeness (QED) is 0.823. The number of para-hydroxylation sites is 1. The number of piperazine rings is 1. The minimum Gasteiger partial charge on any atom is -0.368 e. The van der Waals surface area contributed by atoms with Crippen molar-refractivity contribution in [2.45, 2.75) is 20.3 Å². The van der Waals surface area contributed by atoms with Gasteiger partial charge >= 0.3 is 11.8 Å². The van der Waals surface area contributed by atoms with Gasteiger partial charge in [-0.05, 0) is 42.7 Å². The Bertz CT molecular complexity index is 845. The maximum Gasteiger partial charge on any atom is 0.313 e. The van der Waals surface area contributed by atoms with Crippen molar-refractivity contribution in [3.63, 3.8) is 0 Å². The molecule has 0 aliphatic carbocycles. The fourth-order valence-corrected chi connectivity index (χ4v) is 3.54. The molecule has 1 saturated heterocycles. The van der Waals surface area contributed by atoms with Crippen molar-refractivity contribution < 1.29 is 9.59 Å². The van der Waals surface area contributed by atoms with Crippen LogP contribution in [0.1, 0.15) is 18.1 Å². The summed E-state index contributed by atoms with van der Waals surface area (Å²) in [5, 5.41) is 3.51. The molecule has 0 atom stereocenters. The highest BCUT2D eigenvalue weighted by molar-refractivity contribution is 6.39. The molecule has 0 unspecified atom stereocenters. The number of hydrogen-bond acceptors (Lipinski definition) is 3. The molecule has 142 valence electrons. The van der Waals surface area contributed by atoms with Crippen molar-refractivity contribution in [1.82, 2.24) is 4.90 Å². The molecular weight excluding hydrogens is 362 g/mol. The van der Waals surface area contributed by atoms with Crippen LogP contribution in [0.15, 0.2) is 42.5 Å². The highest BCUT2D eigenvalue weighted by atomic mass is 35.5. The average Bonchev–Trinajstić information content (AvgIpc) is 2.69. The van der Waals surface area contributed by atoms with E-state index in [2.05, 4.69) is 10.2 Å². The third kappa shape index (κ3) is 4.42. The predicted molar refractivity (Wildman–Crippen MR) is 109 cm³/mol. The van der Waals surface area contributed by atoms with Gasteiger partial charge in [0.05, 0.1) is 0 Å². The summed E-state index contributed by atoms with van der Waals surface area (Å²) in [6, 6.07) is 13.5. The molecule has 3 rings (SSSR count). The molecule has 1 fully saturated rings. The molecule has 5 nitrogen and oxygen atoms in total. The summed E-state index contributed by atoms with van der Waals surface area (Å²) in [6.07, 6.45) is 0.795. The van der Waals surface area contributed by atoms with Gasteiger partial charge in [0.2, 0.25) is 0 Å². The van der Waals surface area contributed by atoms with Gasteiger partial charge in [-0.15, -0.1) is 0 Å². The maximum absolute atomic E-state index is 12.6. The molecule has 0 aromatic heterocycles. The zero-order valence-electron chi connectivity index (χ0n) is 15.7. The van der Waals surface area contributed by atoms with Gasteiger partial charge in [0.15, 0.2) is 0 Å². The summed E-state index contributed by atoms with van der Waals surface area (Å²) in [7, 11) is 0. The van der Waals surface area contributed by atoms with Crippen LogP contribution in [0.25, 0.3) is 0 Å². The van der Waals surface area contributed by atoms with Gasteiger partial charge in [-0.3, -0.25) is 9.59 Å². The lowest BCUT2D eigenvalue weighted by molar-refractivity contribution is -0.143. The highest BCUT2D eigenvalue weighted by Crippen LogP contribution is 2.22. The van der Waals surface area contributed by atoms with Gasteiger partial charge in [0.1, 0.15) is 0 Å². The molecule has 1 N–H and O–H groups in total. The smallest absolute Gasteiger partial charge is 0.313 e. The van der Waals surface area contributed by atoms with E-state index in [4.69, 9.17) is 11.6 Å². The molecule has 27 heavy (non-hydrogen) atoms. The molecule has 2 amide bonds. The van der Waals surface area contributed by atoms with E-state index in [1.165, 1.54) is 0 Å². The fourth-order valence-electron chi connectivity index (χ4n) is 3.35. The van der Waals surface area contributed by atoms with Gasteiger partial charge in [-0.25, -0.2) is 0 Å². The van der Waals surface area contributed by atoms with Gasteiger partial charge in [-0.2, -0.15) is 0 Å². The SMILES string of the molecule is CCc1cccc(C)c1NC(=O)C(=O)N1CCN(c2cccc(Cl)c2)CC1. The lowest BCUT2D eigenvalue weighted by Crippen LogP contribution is -2.51. The number of carbonyl (C=O) groups is 2. The van der Waals surface area contributed by atoms with Gasteiger partial charge in [-0.1, -0.05) is 42.8 Å². The zero-order valence-corrected chi connectivity index (χ0v) is 16.4. The number of aryl methyl sites for hydroxylation is 2. The largest absolute Gasteiger partial charge is 0.368 e. The summed E-state index contributed by atoms with van der Waals surface area (Å²) in [5.74, 6) is -1.05. The molecule has 0 radical (unpaired) electrons. The Hall–Kier alpha value is -2.53. The van der Waals surface area contributed by atoms with Crippen LogP contribution in [0.3, 0.4) is 0 Å². The second-order valence-electron chi connectivity index (χ2n) is 6.68. The third-order valence-corrected chi connectivity index (χ3v) is 5.15. The van der Waals surface area contributed by atoms with Crippen molar-refractivity contribution in [3.05, 3.63) is 58.6 Å². The minimum atomic E-state index is -0.574. The Kier molecular flexibility index (Phi) is 6.01. The Morgan fingerprint density at radius 2 is 1.78 bits per heavy atom. The minimum absolute atomic E-state index is 0.481. The number of halogens is 1. The fraction of sp³-hybridized carbons (Fsp3) is 0.333. The second-order valence-corrected chi connectivity index (χ2v) is 7.11. The van der Waals surface area contributed by atoms with Crippen LogP contribution in [0.2, 0.25) is 5.02 Å². The summed E-state index contributed by atoms with van der Waals surface area (Å²) in [6.45, 7) is 6.32. The molecule has 1 aliphatic rings. The van der Waals surface area contributed by atoms with Crippen molar-refractivity contribution in [1.29, 1.82) is 0 Å². The first-order valence-electron chi connectivity index (χ1n) is 9.19. The van der Waals surface area contributed by atoms with E-state index < -0.39 is 11.8 Å². The Balaban J connectivity index is 1.62. The van der Waals surface area contributed by atoms with Crippen molar-refractivity contribution in [2.75, 3.05) is 36.4 Å². The average molecular weight is 386 g/mol. The monoisotopic (exact) mass is 385 g/mol. The standard InChI is InChI=1S/C21H24ClN3O2/c1-3-16-7-4-6-15(2)19(16)23-20(26)21(27)25-12-10-24(11-13-25)18-9-5-8-17(22)14-18/h4-9,14H,3,10-13H2,1-2H3,(H,23,26). The van der Waals surface area contributed by atoms with Crippen LogP contribution in [0.5, 0.6) is 0 Å². The van der Waals surface area contributed by atoms with Crippen LogP contribution >= 0.6 is 11.6 Å². The number of nitrogens with one attached hydrogen (secondary N) is 1. The van der Waals surface area contributed by atoms with Gasteiger partial charge in [0.25, 0.3) is 0 Å². The number of hydrogen-bond donors (Lipinski definition) is 1. The Labute approximate surface area is 164 Å². The molecule has 2 aromatic carbocycles. The number of anilines is 2. The first-order chi connectivity index (χ1) is 13.0. The third-order valence-electron chi connectivity index (χ3n) is 4.91. The molecule has 2 aromatic rings. The summed E-state index contributed by atoms with van der Waals surface area (Å²) < 4.78 is 0. The molecule has 0 spiro atoms. The maximum atomic E-state index is 12.6. The predicted octanol–water partition coefficient (Wildman–Crippen LogP) is 3.50. The molecule has 1 heterocycles. The highest BCUT2D eigenvalue weighted by Gasteiger charge is 2.26. The molecule has 6 heteroatoms. The first-order valence-corrected chi connectivity index (χ1v) is 9.56. The summed E-state index contributed by atoms with van der Waals surface area (Å²) >= 11 is 6.06. The van der Waals surface area contributed by atoms with Crippen LogP contribution in [-0.2, 0) is 16.0 Å². The van der Waals surface area contributed by atoms with Crippen molar-refractivity contribution in [2.24, 2.45) is 0 Å². The van der Waals surface area contributed by atoms with E-state index >= 15 is 0 Å². The molecule has 1 aliphatic heterocycles. The zero-order chi connectivity index (χ0) is 19.4. The van der Waals surface area contributed by atoms with Crippen molar-refractivity contribution >= 4 is 34.8 Å². The van der Waals surface area contributed by atoms with E-state index in [1.54, 1.807) is 4.90 Å². The van der Waals surface area contributed by atoms with Gasteiger partial charge < -0.3 is 15.1 Å². The van der Waals surface area contributed by atoms with Crippen LogP contribution in [0, 0.1) is 6.92 Å². The van der Waals surface area contributed by atoms with E-state index in [1.807, 2.05) is 56.3 Å². The van der Waals surface area contributed by atoms with E-state index in [0.717, 1.165) is 28.9 Å². The second kappa shape index (κ2) is 8.44. The molecule has 0 saturated carbocycles.